The molecule has 0 heterocycles. The number of benzene rings is 1. The van der Waals surface area contributed by atoms with E-state index in [0.29, 0.717) is 12.0 Å². The third-order valence-electron chi connectivity index (χ3n) is 2.22. The van der Waals surface area contributed by atoms with Gasteiger partial charge < -0.3 is 0 Å². The molecule has 64 valence electrons. The van der Waals surface area contributed by atoms with Crippen molar-refractivity contribution >= 4 is 15.9 Å². The van der Waals surface area contributed by atoms with E-state index in [1.807, 2.05) is 0 Å². The van der Waals surface area contributed by atoms with E-state index in [4.69, 9.17) is 0 Å². The van der Waals surface area contributed by atoms with Gasteiger partial charge in [0.15, 0.2) is 11.6 Å². The van der Waals surface area contributed by atoms with Gasteiger partial charge in [-0.2, -0.15) is 0 Å². The fraction of sp³-hybridized carbons (Fsp3) is 0.333. The Kier molecular flexibility index (Phi) is 1.91. The van der Waals surface area contributed by atoms with Crippen LogP contribution in [0.1, 0.15) is 22.4 Å². The number of rotatable bonds is 0. The summed E-state index contributed by atoms with van der Waals surface area (Å²) in [7, 11) is 0. The molecule has 1 aromatic rings. The molecule has 0 saturated heterocycles. The number of fused-ring (bicyclic) bond motifs is 1. The summed E-state index contributed by atoms with van der Waals surface area (Å²) in [6.07, 6.45) is 1.49. The summed E-state index contributed by atoms with van der Waals surface area (Å²) in [4.78, 5) is 0.197. The van der Waals surface area contributed by atoms with Crippen molar-refractivity contribution in [1.82, 2.24) is 0 Å². The van der Waals surface area contributed by atoms with Crippen molar-refractivity contribution in [2.24, 2.45) is 0 Å². The zero-order valence-electron chi connectivity index (χ0n) is 6.28. The van der Waals surface area contributed by atoms with Crippen LogP contribution in [0, 0.1) is 11.6 Å². The number of hydrogen-bond acceptors (Lipinski definition) is 0. The van der Waals surface area contributed by atoms with Crippen LogP contribution in [0.4, 0.5) is 8.78 Å². The molecule has 0 amide bonds. The minimum atomic E-state index is -0.740. The average Bonchev–Trinajstić information content (AvgIpc) is 2.41. The lowest BCUT2D eigenvalue weighted by atomic mass is 10.1. The van der Waals surface area contributed by atoms with E-state index in [2.05, 4.69) is 15.9 Å². The van der Waals surface area contributed by atoms with Crippen molar-refractivity contribution in [1.29, 1.82) is 0 Å². The molecule has 0 N–H and O–H groups in total. The van der Waals surface area contributed by atoms with E-state index < -0.39 is 11.6 Å². The maximum atomic E-state index is 13.1. The average molecular weight is 233 g/mol. The van der Waals surface area contributed by atoms with E-state index in [1.54, 1.807) is 6.07 Å². The van der Waals surface area contributed by atoms with Crippen molar-refractivity contribution < 1.29 is 8.78 Å². The van der Waals surface area contributed by atoms with Crippen molar-refractivity contribution in [3.63, 3.8) is 0 Å². The Morgan fingerprint density at radius 2 is 2.08 bits per heavy atom. The molecule has 1 atom stereocenters. The second kappa shape index (κ2) is 2.80. The van der Waals surface area contributed by atoms with Gasteiger partial charge in [0.2, 0.25) is 0 Å². The van der Waals surface area contributed by atoms with Crippen molar-refractivity contribution in [3.05, 3.63) is 34.9 Å². The molecule has 0 nitrogen and oxygen atoms in total. The van der Waals surface area contributed by atoms with Gasteiger partial charge in [-0.15, -0.1) is 0 Å². The van der Waals surface area contributed by atoms with Crippen LogP contribution in [0.25, 0.3) is 0 Å². The van der Waals surface area contributed by atoms with Gasteiger partial charge in [0.25, 0.3) is 0 Å². The minimum absolute atomic E-state index is 0.197. The standard InChI is InChI=1S/C9H7BrF2/c10-7-3-1-6-5(7)2-4-8(11)9(6)12/h2,4,7H,1,3H2. The first-order valence-corrected chi connectivity index (χ1v) is 4.72. The van der Waals surface area contributed by atoms with E-state index in [-0.39, 0.29) is 4.83 Å². The predicted molar refractivity (Wildman–Crippen MR) is 46.3 cm³/mol. The Morgan fingerprint density at radius 3 is 2.83 bits per heavy atom. The van der Waals surface area contributed by atoms with E-state index in [9.17, 15) is 8.78 Å². The Labute approximate surface area is 77.7 Å². The number of halogens is 3. The third-order valence-corrected chi connectivity index (χ3v) is 3.17. The molecule has 0 spiro atoms. The van der Waals surface area contributed by atoms with Gasteiger partial charge in [-0.25, -0.2) is 8.78 Å². The van der Waals surface area contributed by atoms with Crippen molar-refractivity contribution in [3.8, 4) is 0 Å². The zero-order chi connectivity index (χ0) is 8.72. The Bertz CT molecular complexity index is 323. The van der Waals surface area contributed by atoms with Crippen LogP contribution in [-0.4, -0.2) is 0 Å². The van der Waals surface area contributed by atoms with Gasteiger partial charge in [-0.05, 0) is 30.0 Å². The van der Waals surface area contributed by atoms with Crippen LogP contribution in [-0.2, 0) is 6.42 Å². The van der Waals surface area contributed by atoms with Gasteiger partial charge >= 0.3 is 0 Å². The molecule has 0 radical (unpaired) electrons. The SMILES string of the molecule is Fc1ccc2c(c1F)CCC2Br. The van der Waals surface area contributed by atoms with Crippen LogP contribution in [0.15, 0.2) is 12.1 Å². The minimum Gasteiger partial charge on any atom is -0.204 e. The maximum absolute atomic E-state index is 13.1. The monoisotopic (exact) mass is 232 g/mol. The molecule has 0 aliphatic heterocycles. The summed E-state index contributed by atoms with van der Waals surface area (Å²) in [5.74, 6) is -1.41. The lowest BCUT2D eigenvalue weighted by molar-refractivity contribution is 0.500. The highest BCUT2D eigenvalue weighted by Gasteiger charge is 2.24. The largest absolute Gasteiger partial charge is 0.204 e. The molecular weight excluding hydrogens is 226 g/mol. The Balaban J connectivity index is 2.60. The topological polar surface area (TPSA) is 0 Å². The first-order chi connectivity index (χ1) is 5.70. The first kappa shape index (κ1) is 8.17. The first-order valence-electron chi connectivity index (χ1n) is 3.81. The summed E-state index contributed by atoms with van der Waals surface area (Å²) in [6.45, 7) is 0. The fourth-order valence-corrected chi connectivity index (χ4v) is 2.24. The molecule has 12 heavy (non-hydrogen) atoms. The fourth-order valence-electron chi connectivity index (χ4n) is 1.58. The van der Waals surface area contributed by atoms with Gasteiger partial charge in [0, 0.05) is 4.83 Å². The highest BCUT2D eigenvalue weighted by molar-refractivity contribution is 9.09. The summed E-state index contributed by atoms with van der Waals surface area (Å²) < 4.78 is 25.8. The van der Waals surface area contributed by atoms with Crippen molar-refractivity contribution in [2.75, 3.05) is 0 Å². The summed E-state index contributed by atoms with van der Waals surface area (Å²) in [6, 6.07) is 2.84. The molecule has 0 bridgehead atoms. The molecular formula is C9H7BrF2. The molecule has 1 unspecified atom stereocenters. The van der Waals surface area contributed by atoms with E-state index in [0.717, 1.165) is 12.0 Å². The third kappa shape index (κ3) is 1.07. The molecule has 3 heteroatoms. The van der Waals surface area contributed by atoms with Crippen LogP contribution >= 0.6 is 15.9 Å². The Hall–Kier alpha value is -0.440. The van der Waals surface area contributed by atoms with Crippen LogP contribution in [0.3, 0.4) is 0 Å². The molecule has 0 fully saturated rings. The van der Waals surface area contributed by atoms with Gasteiger partial charge in [-0.1, -0.05) is 22.0 Å². The number of alkyl halides is 1. The maximum Gasteiger partial charge on any atom is 0.162 e. The number of hydrogen-bond donors (Lipinski definition) is 0. The highest BCUT2D eigenvalue weighted by atomic mass is 79.9. The van der Waals surface area contributed by atoms with Crippen LogP contribution < -0.4 is 0 Å². The normalized spacial score (nSPS) is 21.1. The Morgan fingerprint density at radius 1 is 1.33 bits per heavy atom. The summed E-state index contributed by atoms with van der Waals surface area (Å²) >= 11 is 3.41. The quantitative estimate of drug-likeness (QED) is 0.603. The predicted octanol–water partition coefficient (Wildman–Crippen LogP) is 3.35. The van der Waals surface area contributed by atoms with Gasteiger partial charge in [-0.3, -0.25) is 0 Å². The van der Waals surface area contributed by atoms with Crippen molar-refractivity contribution in [2.45, 2.75) is 17.7 Å². The van der Waals surface area contributed by atoms with E-state index in [1.165, 1.54) is 6.07 Å². The second-order valence-electron chi connectivity index (χ2n) is 2.94. The second-order valence-corrected chi connectivity index (χ2v) is 4.04. The zero-order valence-corrected chi connectivity index (χ0v) is 7.87. The smallest absolute Gasteiger partial charge is 0.162 e. The lowest BCUT2D eigenvalue weighted by Crippen LogP contribution is -1.92. The summed E-state index contributed by atoms with van der Waals surface area (Å²) in [5.41, 5.74) is 1.44. The molecule has 0 aromatic heterocycles. The van der Waals surface area contributed by atoms with E-state index >= 15 is 0 Å². The molecule has 0 saturated carbocycles. The molecule has 1 aliphatic carbocycles. The molecule has 1 aliphatic rings. The lowest BCUT2D eigenvalue weighted by Gasteiger charge is -2.03. The highest BCUT2D eigenvalue weighted by Crippen LogP contribution is 2.38. The van der Waals surface area contributed by atoms with Crippen LogP contribution in [0.5, 0.6) is 0 Å². The van der Waals surface area contributed by atoms with Gasteiger partial charge in [0.05, 0.1) is 0 Å². The van der Waals surface area contributed by atoms with Crippen LogP contribution in [0.2, 0.25) is 0 Å². The summed E-state index contributed by atoms with van der Waals surface area (Å²) in [5, 5.41) is 0. The molecule has 1 aromatic carbocycles. The van der Waals surface area contributed by atoms with Gasteiger partial charge in [0.1, 0.15) is 0 Å². The molecule has 2 rings (SSSR count).